The quantitative estimate of drug-likeness (QED) is 0.519. The van der Waals surface area contributed by atoms with Crippen LogP contribution in [0.1, 0.15) is 36.3 Å². The normalized spacial score (nSPS) is 20.2. The third kappa shape index (κ3) is 4.81. The Morgan fingerprint density at radius 2 is 1.60 bits per heavy atom. The Morgan fingerprint density at radius 3 is 2.16 bits per heavy atom. The second kappa shape index (κ2) is 8.99. The molecule has 1 saturated heterocycles. The zero-order valence-electron chi connectivity index (χ0n) is 15.1. The van der Waals surface area contributed by atoms with Gasteiger partial charge in [0.05, 0.1) is 11.6 Å². The molecule has 0 spiro atoms. The van der Waals surface area contributed by atoms with Gasteiger partial charge in [-0.15, -0.1) is 0 Å². The van der Waals surface area contributed by atoms with E-state index >= 15 is 0 Å². The maximum atomic E-state index is 8.91. The molecule has 0 N–H and O–H groups in total. The molecular weight excluding hydrogens is 322 g/mol. The number of rotatable bonds is 6. The lowest BCUT2D eigenvalue weighted by Crippen LogP contribution is -2.20. The second-order valence-electron chi connectivity index (χ2n) is 7.16. The van der Waals surface area contributed by atoms with Gasteiger partial charge >= 0.3 is 0 Å². The van der Waals surface area contributed by atoms with Crippen molar-refractivity contribution in [3.05, 3.63) is 59.7 Å². The van der Waals surface area contributed by atoms with Crippen molar-refractivity contribution in [3.8, 4) is 17.2 Å². The molecule has 1 fully saturated rings. The molecule has 0 amide bonds. The van der Waals surface area contributed by atoms with Crippen LogP contribution in [0, 0.1) is 11.3 Å². The van der Waals surface area contributed by atoms with E-state index in [1.54, 1.807) is 7.11 Å². The zero-order chi connectivity index (χ0) is 17.5. The molecule has 0 radical (unpaired) electrons. The number of ether oxygens (including phenoxy) is 1. The van der Waals surface area contributed by atoms with Gasteiger partial charge in [0, 0.05) is 22.5 Å². The largest absolute Gasteiger partial charge is 0.385 e. The number of nitriles is 1. The van der Waals surface area contributed by atoms with Crippen molar-refractivity contribution >= 4 is 8.80 Å². The lowest BCUT2D eigenvalue weighted by molar-refractivity contribution is 0.199. The minimum atomic E-state index is -0.493. The van der Waals surface area contributed by atoms with Crippen molar-refractivity contribution in [2.45, 2.75) is 43.3 Å². The van der Waals surface area contributed by atoms with Gasteiger partial charge in [-0.05, 0) is 54.0 Å². The predicted molar refractivity (Wildman–Crippen MR) is 107 cm³/mol. The molecule has 0 atom stereocenters. The van der Waals surface area contributed by atoms with Gasteiger partial charge in [0.1, 0.15) is 0 Å². The molecule has 0 saturated carbocycles. The molecule has 0 unspecified atom stereocenters. The van der Waals surface area contributed by atoms with Crippen LogP contribution in [-0.4, -0.2) is 22.5 Å². The summed E-state index contributed by atoms with van der Waals surface area (Å²) in [6.45, 7) is 0.934. The molecule has 2 aromatic rings. The first-order valence-corrected chi connectivity index (χ1v) is 11.8. The maximum Gasteiger partial charge on any atom is 0.0991 e. The molecule has 25 heavy (non-hydrogen) atoms. The lowest BCUT2D eigenvalue weighted by atomic mass is 9.92. The Balaban J connectivity index is 1.57. The summed E-state index contributed by atoms with van der Waals surface area (Å²) < 4.78 is 5.19. The average molecular weight is 350 g/mol. The maximum absolute atomic E-state index is 8.91. The molecule has 1 aliphatic rings. The van der Waals surface area contributed by atoms with Crippen LogP contribution >= 0.6 is 0 Å². The van der Waals surface area contributed by atoms with Crippen LogP contribution in [0.15, 0.2) is 48.5 Å². The fraction of sp³-hybridized carbons (Fsp3) is 0.409. The minimum absolute atomic E-state index is 0.493. The number of nitrogens with zero attached hydrogens (tertiary/aromatic N) is 1. The Bertz CT molecular complexity index is 694. The number of benzene rings is 2. The minimum Gasteiger partial charge on any atom is -0.385 e. The summed E-state index contributed by atoms with van der Waals surface area (Å²) >= 11 is 0. The Hall–Kier alpha value is -1.89. The van der Waals surface area contributed by atoms with E-state index in [2.05, 4.69) is 30.3 Å². The number of hydrogen-bond acceptors (Lipinski definition) is 2. The molecule has 2 nitrogen and oxygen atoms in total. The molecule has 3 rings (SSSR count). The lowest BCUT2D eigenvalue weighted by Gasteiger charge is -2.28. The van der Waals surface area contributed by atoms with Crippen molar-refractivity contribution in [2.75, 3.05) is 13.7 Å². The van der Waals surface area contributed by atoms with Gasteiger partial charge in [-0.1, -0.05) is 54.5 Å². The zero-order valence-corrected chi connectivity index (χ0v) is 16.2. The Kier molecular flexibility index (Phi) is 6.44. The first-order valence-electron chi connectivity index (χ1n) is 9.39. The van der Waals surface area contributed by atoms with Crippen LogP contribution < -0.4 is 0 Å². The highest BCUT2D eigenvalue weighted by Gasteiger charge is 2.22. The van der Waals surface area contributed by atoms with Crippen molar-refractivity contribution in [1.82, 2.24) is 0 Å². The molecule has 3 heteroatoms. The molecule has 130 valence electrons. The van der Waals surface area contributed by atoms with E-state index in [4.69, 9.17) is 10.00 Å². The van der Waals surface area contributed by atoms with E-state index in [-0.39, 0.29) is 0 Å². The Labute approximate surface area is 153 Å². The monoisotopic (exact) mass is 349 g/mol. The van der Waals surface area contributed by atoms with Gasteiger partial charge in [-0.25, -0.2) is 0 Å². The van der Waals surface area contributed by atoms with E-state index < -0.39 is 8.80 Å². The Morgan fingerprint density at radius 1 is 1.00 bits per heavy atom. The van der Waals surface area contributed by atoms with Crippen LogP contribution in [0.4, 0.5) is 0 Å². The molecule has 2 aromatic carbocycles. The van der Waals surface area contributed by atoms with Crippen LogP contribution in [0.25, 0.3) is 11.1 Å². The molecule has 0 bridgehead atoms. The van der Waals surface area contributed by atoms with Gasteiger partial charge in [-0.3, -0.25) is 0 Å². The van der Waals surface area contributed by atoms with E-state index in [0.29, 0.717) is 5.56 Å². The van der Waals surface area contributed by atoms with Crippen molar-refractivity contribution in [2.24, 2.45) is 0 Å². The molecule has 0 aromatic heterocycles. The van der Waals surface area contributed by atoms with Crippen LogP contribution in [-0.2, 0) is 4.74 Å². The van der Waals surface area contributed by atoms with E-state index in [9.17, 15) is 0 Å². The highest BCUT2D eigenvalue weighted by atomic mass is 28.3. The van der Waals surface area contributed by atoms with Crippen LogP contribution in [0.2, 0.25) is 18.1 Å². The summed E-state index contributed by atoms with van der Waals surface area (Å²) in [6, 6.07) is 23.5. The third-order valence-electron chi connectivity index (χ3n) is 5.54. The van der Waals surface area contributed by atoms with Crippen LogP contribution in [0.5, 0.6) is 0 Å². The van der Waals surface area contributed by atoms with E-state index in [0.717, 1.165) is 12.5 Å². The number of methoxy groups -OCH3 is 1. The fourth-order valence-corrected chi connectivity index (χ4v) is 7.34. The predicted octanol–water partition coefficient (Wildman–Crippen LogP) is 5.37. The SMILES string of the molecule is COCCC[Si@H]1CC[C@H](c2ccc(-c3ccc(C#N)cc3)cc2)CC1. The smallest absolute Gasteiger partial charge is 0.0991 e. The third-order valence-corrected chi connectivity index (χ3v) is 9.06. The fourth-order valence-electron chi connectivity index (χ4n) is 3.99. The second-order valence-corrected chi connectivity index (χ2v) is 10.6. The topological polar surface area (TPSA) is 33.0 Å². The molecular formula is C22H27NOSi. The first-order chi connectivity index (χ1) is 12.3. The summed E-state index contributed by atoms with van der Waals surface area (Å²) in [5.74, 6) is 0.751. The highest BCUT2D eigenvalue weighted by molar-refractivity contribution is 6.59. The summed E-state index contributed by atoms with van der Waals surface area (Å²) in [7, 11) is 1.31. The van der Waals surface area contributed by atoms with Gasteiger partial charge in [0.15, 0.2) is 0 Å². The molecule has 0 aliphatic carbocycles. The number of hydrogen-bond donors (Lipinski definition) is 0. The van der Waals surface area contributed by atoms with Gasteiger partial charge in [0.2, 0.25) is 0 Å². The van der Waals surface area contributed by atoms with Gasteiger partial charge in [-0.2, -0.15) is 5.26 Å². The van der Waals surface area contributed by atoms with Crippen LogP contribution in [0.3, 0.4) is 0 Å². The summed E-state index contributed by atoms with van der Waals surface area (Å²) in [5.41, 5.74) is 4.63. The van der Waals surface area contributed by atoms with Gasteiger partial charge in [0.25, 0.3) is 0 Å². The van der Waals surface area contributed by atoms with Crippen molar-refractivity contribution < 1.29 is 4.74 Å². The summed E-state index contributed by atoms with van der Waals surface area (Å²) in [5, 5.41) is 8.91. The summed E-state index contributed by atoms with van der Waals surface area (Å²) in [6.07, 6.45) is 4.01. The highest BCUT2D eigenvalue weighted by Crippen LogP contribution is 2.35. The van der Waals surface area contributed by atoms with Gasteiger partial charge < -0.3 is 4.74 Å². The standard InChI is InChI=1S/C22H27NOSi/c1-24-13-2-14-25-15-11-22(12-16-25)21-9-7-20(8-10-21)19-5-3-18(17-23)4-6-19/h3-10,22,25H,2,11-16H2,1H3/t22-,25-. The van der Waals surface area contributed by atoms with E-state index in [1.807, 2.05) is 24.3 Å². The van der Waals surface area contributed by atoms with Crippen molar-refractivity contribution in [3.63, 3.8) is 0 Å². The first kappa shape index (κ1) is 17.9. The molecule has 1 aliphatic heterocycles. The molecule has 1 heterocycles. The van der Waals surface area contributed by atoms with Crippen molar-refractivity contribution in [1.29, 1.82) is 5.26 Å². The summed E-state index contributed by atoms with van der Waals surface area (Å²) in [4.78, 5) is 0. The average Bonchev–Trinajstić information content (AvgIpc) is 2.69. The van der Waals surface area contributed by atoms with E-state index in [1.165, 1.54) is 54.1 Å².